The second-order valence-corrected chi connectivity index (χ2v) is 3.58. The molecule has 1 unspecified atom stereocenters. The number of carbonyl (C=O) groups is 1. The summed E-state index contributed by atoms with van der Waals surface area (Å²) in [6, 6.07) is 9.43. The Kier molecular flexibility index (Phi) is 3.49. The topological polar surface area (TPSA) is 69.1 Å². The van der Waals surface area contributed by atoms with E-state index < -0.39 is 11.4 Å². The van der Waals surface area contributed by atoms with Gasteiger partial charge in [0.2, 0.25) is 5.91 Å². The molecule has 0 aliphatic rings. The highest BCUT2D eigenvalue weighted by atomic mass is 35.5. The Morgan fingerprint density at radius 3 is 2.36 bits per heavy atom. The fourth-order valence-electron chi connectivity index (χ4n) is 1.16. The lowest BCUT2D eigenvalue weighted by molar-refractivity contribution is -0.122. The van der Waals surface area contributed by atoms with Crippen LogP contribution in [0.1, 0.15) is 5.56 Å². The Morgan fingerprint density at radius 2 is 1.93 bits per heavy atom. The minimum Gasteiger partial charge on any atom is -0.368 e. The molecule has 76 valence electrons. The number of benzene rings is 1. The molecule has 0 bridgehead atoms. The van der Waals surface area contributed by atoms with Gasteiger partial charge in [-0.3, -0.25) is 4.79 Å². The van der Waals surface area contributed by atoms with Gasteiger partial charge in [-0.05, 0) is 5.56 Å². The van der Waals surface area contributed by atoms with E-state index in [-0.39, 0.29) is 5.88 Å². The highest BCUT2D eigenvalue weighted by molar-refractivity contribution is 6.20. The van der Waals surface area contributed by atoms with Gasteiger partial charge in [-0.2, -0.15) is 0 Å². The first-order chi connectivity index (χ1) is 6.58. The number of hydrogen-bond acceptors (Lipinski definition) is 2. The molecule has 4 heteroatoms. The third-order valence-electron chi connectivity index (χ3n) is 2.09. The van der Waals surface area contributed by atoms with Crippen LogP contribution in [-0.2, 0) is 11.2 Å². The van der Waals surface area contributed by atoms with Gasteiger partial charge >= 0.3 is 0 Å². The van der Waals surface area contributed by atoms with E-state index in [1.54, 1.807) is 0 Å². The number of hydrogen-bond donors (Lipinski definition) is 2. The third-order valence-corrected chi connectivity index (χ3v) is 2.57. The van der Waals surface area contributed by atoms with Crippen molar-refractivity contribution in [3.8, 4) is 0 Å². The van der Waals surface area contributed by atoms with Gasteiger partial charge in [-0.25, -0.2) is 0 Å². The zero-order valence-corrected chi connectivity index (χ0v) is 8.50. The van der Waals surface area contributed by atoms with Crippen molar-refractivity contribution in [2.75, 3.05) is 5.88 Å². The molecule has 0 spiro atoms. The van der Waals surface area contributed by atoms with Gasteiger partial charge in [0.05, 0.1) is 0 Å². The van der Waals surface area contributed by atoms with E-state index in [0.717, 1.165) is 5.56 Å². The summed E-state index contributed by atoms with van der Waals surface area (Å²) in [5, 5.41) is 0. The normalized spacial score (nSPS) is 14.7. The zero-order chi connectivity index (χ0) is 10.6. The van der Waals surface area contributed by atoms with E-state index >= 15 is 0 Å². The highest BCUT2D eigenvalue weighted by Crippen LogP contribution is 2.12. The molecule has 1 atom stereocenters. The number of primary amides is 1. The minimum atomic E-state index is -1.15. The lowest BCUT2D eigenvalue weighted by atomic mass is 9.93. The van der Waals surface area contributed by atoms with Crippen molar-refractivity contribution in [1.82, 2.24) is 0 Å². The molecule has 0 saturated carbocycles. The van der Waals surface area contributed by atoms with Crippen LogP contribution in [0.5, 0.6) is 0 Å². The summed E-state index contributed by atoms with van der Waals surface area (Å²) >= 11 is 5.63. The molecule has 0 aliphatic carbocycles. The average molecular weight is 213 g/mol. The summed E-state index contributed by atoms with van der Waals surface area (Å²) in [5.74, 6) is -0.548. The Bertz CT molecular complexity index is 315. The molecule has 0 radical (unpaired) electrons. The van der Waals surface area contributed by atoms with Crippen molar-refractivity contribution in [3.05, 3.63) is 35.9 Å². The number of carbonyl (C=O) groups excluding carboxylic acids is 1. The van der Waals surface area contributed by atoms with Crippen LogP contribution in [0.15, 0.2) is 30.3 Å². The van der Waals surface area contributed by atoms with Crippen molar-refractivity contribution >= 4 is 17.5 Å². The smallest absolute Gasteiger partial charge is 0.239 e. The summed E-state index contributed by atoms with van der Waals surface area (Å²) < 4.78 is 0. The summed E-state index contributed by atoms with van der Waals surface area (Å²) in [7, 11) is 0. The van der Waals surface area contributed by atoms with Crippen LogP contribution in [0, 0.1) is 0 Å². The first kappa shape index (κ1) is 11.0. The van der Waals surface area contributed by atoms with Crippen LogP contribution in [0.25, 0.3) is 0 Å². The molecule has 3 nitrogen and oxygen atoms in total. The number of rotatable bonds is 4. The first-order valence-corrected chi connectivity index (χ1v) is 4.80. The Balaban J connectivity index is 2.81. The van der Waals surface area contributed by atoms with Gasteiger partial charge < -0.3 is 11.5 Å². The molecule has 1 amide bonds. The van der Waals surface area contributed by atoms with E-state index in [0.29, 0.717) is 6.42 Å². The summed E-state index contributed by atoms with van der Waals surface area (Å²) in [5.41, 5.74) is 10.7. The van der Waals surface area contributed by atoms with E-state index in [2.05, 4.69) is 0 Å². The molecule has 0 aromatic heterocycles. The third kappa shape index (κ3) is 2.47. The van der Waals surface area contributed by atoms with E-state index in [1.165, 1.54) is 0 Å². The molecule has 0 heterocycles. The molecule has 1 aromatic carbocycles. The molecule has 1 rings (SSSR count). The van der Waals surface area contributed by atoms with Crippen LogP contribution in [-0.4, -0.2) is 17.3 Å². The second kappa shape index (κ2) is 4.44. The van der Waals surface area contributed by atoms with Crippen LogP contribution in [0.2, 0.25) is 0 Å². The molecule has 0 fully saturated rings. The van der Waals surface area contributed by atoms with Gasteiger partial charge in [-0.1, -0.05) is 30.3 Å². The van der Waals surface area contributed by atoms with Crippen LogP contribution in [0.3, 0.4) is 0 Å². The fourth-order valence-corrected chi connectivity index (χ4v) is 1.39. The Hall–Kier alpha value is -1.06. The maximum absolute atomic E-state index is 11.1. The summed E-state index contributed by atoms with van der Waals surface area (Å²) in [6.07, 6.45) is 0.368. The van der Waals surface area contributed by atoms with Crippen molar-refractivity contribution in [3.63, 3.8) is 0 Å². The van der Waals surface area contributed by atoms with Gasteiger partial charge in [0, 0.05) is 12.3 Å². The second-order valence-electron chi connectivity index (χ2n) is 3.32. The van der Waals surface area contributed by atoms with Gasteiger partial charge in [-0.15, -0.1) is 11.6 Å². The van der Waals surface area contributed by atoms with Crippen LogP contribution < -0.4 is 11.5 Å². The number of nitrogens with two attached hydrogens (primary N) is 2. The predicted molar refractivity (Wildman–Crippen MR) is 57.0 cm³/mol. The zero-order valence-electron chi connectivity index (χ0n) is 7.74. The number of amides is 1. The quantitative estimate of drug-likeness (QED) is 0.720. The molecular weight excluding hydrogens is 200 g/mol. The molecule has 4 N–H and O–H groups in total. The average Bonchev–Trinajstić information content (AvgIpc) is 2.19. The first-order valence-electron chi connectivity index (χ1n) is 4.27. The molecule has 1 aromatic rings. The van der Waals surface area contributed by atoms with Crippen molar-refractivity contribution in [2.45, 2.75) is 12.0 Å². The monoisotopic (exact) mass is 212 g/mol. The van der Waals surface area contributed by atoms with Crippen molar-refractivity contribution in [1.29, 1.82) is 0 Å². The van der Waals surface area contributed by atoms with Crippen LogP contribution >= 0.6 is 11.6 Å². The lowest BCUT2D eigenvalue weighted by Crippen LogP contribution is -2.55. The standard InChI is InChI=1S/C10H13ClN2O/c11-7-10(13,9(12)14)6-8-4-2-1-3-5-8/h1-5H,6-7,13H2,(H2,12,14). The molecule has 14 heavy (non-hydrogen) atoms. The van der Waals surface area contributed by atoms with E-state index in [9.17, 15) is 4.79 Å². The van der Waals surface area contributed by atoms with E-state index in [4.69, 9.17) is 23.1 Å². The largest absolute Gasteiger partial charge is 0.368 e. The van der Waals surface area contributed by atoms with Gasteiger partial charge in [0.1, 0.15) is 5.54 Å². The molecular formula is C10H13ClN2O. The maximum atomic E-state index is 11.1. The van der Waals surface area contributed by atoms with Crippen molar-refractivity contribution < 1.29 is 4.79 Å². The maximum Gasteiger partial charge on any atom is 0.239 e. The number of halogens is 1. The fraction of sp³-hybridized carbons (Fsp3) is 0.300. The van der Waals surface area contributed by atoms with Crippen molar-refractivity contribution in [2.24, 2.45) is 11.5 Å². The number of alkyl halides is 1. The molecule has 0 aliphatic heterocycles. The van der Waals surface area contributed by atoms with Gasteiger partial charge in [0.15, 0.2) is 0 Å². The minimum absolute atomic E-state index is 0.0250. The SMILES string of the molecule is NC(=O)C(N)(CCl)Cc1ccccc1. The predicted octanol–water partition coefficient (Wildman–Crippen LogP) is 0.651. The highest BCUT2D eigenvalue weighted by Gasteiger charge is 2.30. The molecule has 0 saturated heterocycles. The Morgan fingerprint density at radius 1 is 1.36 bits per heavy atom. The summed E-state index contributed by atoms with van der Waals surface area (Å²) in [4.78, 5) is 11.1. The van der Waals surface area contributed by atoms with Crippen LogP contribution in [0.4, 0.5) is 0 Å². The lowest BCUT2D eigenvalue weighted by Gasteiger charge is -2.22. The van der Waals surface area contributed by atoms with Gasteiger partial charge in [0.25, 0.3) is 0 Å². The Labute approximate surface area is 88.0 Å². The summed E-state index contributed by atoms with van der Waals surface area (Å²) in [6.45, 7) is 0. The van der Waals surface area contributed by atoms with E-state index in [1.807, 2.05) is 30.3 Å².